The molecular weight excluding hydrogens is 568 g/mol. The maximum Gasteiger partial charge on any atom is 0.330 e. The van der Waals surface area contributed by atoms with Crippen LogP contribution in [0.5, 0.6) is 0 Å². The number of aliphatic carboxylic acids is 1. The molecule has 13 nitrogen and oxygen atoms in total. The average Bonchev–Trinajstić information content (AvgIpc) is 2.97. The molecule has 1 aliphatic rings. The molecule has 13 heteroatoms. The molecule has 1 N–H and O–H groups in total. The van der Waals surface area contributed by atoms with E-state index >= 15 is 0 Å². The van der Waals surface area contributed by atoms with Gasteiger partial charge in [-0.05, 0) is 45.4 Å². The third kappa shape index (κ3) is 22.3. The van der Waals surface area contributed by atoms with Gasteiger partial charge in [-0.25, -0.2) is 14.4 Å². The van der Waals surface area contributed by atoms with Gasteiger partial charge in [-0.3, -0.25) is 14.4 Å². The highest BCUT2D eigenvalue weighted by atomic mass is 16.6. The predicted molar refractivity (Wildman–Crippen MR) is 152 cm³/mol. The third-order valence-electron chi connectivity index (χ3n) is 5.66. The Bertz CT molecular complexity index is 927. The molecule has 0 bridgehead atoms. The first-order chi connectivity index (χ1) is 20.5. The minimum Gasteiger partial charge on any atom is -0.481 e. The first-order valence-corrected chi connectivity index (χ1v) is 14.1. The van der Waals surface area contributed by atoms with Gasteiger partial charge in [0.2, 0.25) is 0 Å². The van der Waals surface area contributed by atoms with Gasteiger partial charge in [0.05, 0.1) is 32.5 Å². The largest absolute Gasteiger partial charge is 0.481 e. The molecule has 242 valence electrons. The zero-order valence-corrected chi connectivity index (χ0v) is 24.8. The second-order valence-corrected chi connectivity index (χ2v) is 9.32. The zero-order chi connectivity index (χ0) is 32.5. The van der Waals surface area contributed by atoms with Gasteiger partial charge < -0.3 is 33.5 Å². The molecule has 0 radical (unpaired) electrons. The number of ether oxygens (including phenoxy) is 6. The van der Waals surface area contributed by atoms with E-state index in [4.69, 9.17) is 28.8 Å². The Balaban J connectivity index is 0.00000123. The van der Waals surface area contributed by atoms with Crippen molar-refractivity contribution in [3.05, 3.63) is 38.0 Å². The van der Waals surface area contributed by atoms with Crippen molar-refractivity contribution in [3.8, 4) is 0 Å². The van der Waals surface area contributed by atoms with Crippen LogP contribution in [0, 0.1) is 0 Å². The highest BCUT2D eigenvalue weighted by Crippen LogP contribution is 2.21. The maximum absolute atomic E-state index is 12.2. The number of carbonyl (C=O) groups excluding carboxylic acids is 5. The Morgan fingerprint density at radius 2 is 1.07 bits per heavy atom. The average molecular weight is 613 g/mol. The van der Waals surface area contributed by atoms with Gasteiger partial charge in [0, 0.05) is 43.9 Å². The highest BCUT2D eigenvalue weighted by Gasteiger charge is 2.35. The smallest absolute Gasteiger partial charge is 0.330 e. The molecule has 0 spiro atoms. The minimum absolute atomic E-state index is 0.117. The molecule has 1 heterocycles. The molecule has 0 amide bonds. The number of hydrogen-bond donors (Lipinski definition) is 1. The normalized spacial score (nSPS) is 17.1. The molecule has 0 aromatic carbocycles. The molecule has 1 saturated heterocycles. The van der Waals surface area contributed by atoms with Crippen LogP contribution in [0.4, 0.5) is 0 Å². The van der Waals surface area contributed by atoms with Gasteiger partial charge in [0.25, 0.3) is 0 Å². The molecule has 1 rings (SSSR count). The maximum atomic E-state index is 12.2. The van der Waals surface area contributed by atoms with Crippen molar-refractivity contribution in [2.24, 2.45) is 0 Å². The van der Waals surface area contributed by atoms with Gasteiger partial charge >= 0.3 is 35.8 Å². The van der Waals surface area contributed by atoms with Crippen LogP contribution >= 0.6 is 0 Å². The van der Waals surface area contributed by atoms with Crippen molar-refractivity contribution in [1.29, 1.82) is 0 Å². The van der Waals surface area contributed by atoms with E-state index in [2.05, 4.69) is 24.5 Å². The highest BCUT2D eigenvalue weighted by molar-refractivity contribution is 5.81. The molecule has 3 atom stereocenters. The monoisotopic (exact) mass is 612 g/mol. The first-order valence-electron chi connectivity index (χ1n) is 14.1. The SMILES string of the molecule is C=CC(=O)OCCCCC(=O)O.C=CC(=O)OCCCCC(=O)O[C@H]1CC(C)OC[C@H]1OC(=O)CCCCOC(=O)C=C. The fourth-order valence-corrected chi connectivity index (χ4v) is 3.42. The van der Waals surface area contributed by atoms with Crippen LogP contribution in [0.15, 0.2) is 38.0 Å². The van der Waals surface area contributed by atoms with Crippen LogP contribution < -0.4 is 0 Å². The topological polar surface area (TPSA) is 178 Å². The van der Waals surface area contributed by atoms with Crippen LogP contribution in [0.3, 0.4) is 0 Å². The summed E-state index contributed by atoms with van der Waals surface area (Å²) in [7, 11) is 0. The fourth-order valence-electron chi connectivity index (χ4n) is 3.42. The summed E-state index contributed by atoms with van der Waals surface area (Å²) in [5.41, 5.74) is 0. The van der Waals surface area contributed by atoms with Crippen LogP contribution in [-0.2, 0) is 57.2 Å². The molecule has 0 saturated carbocycles. The summed E-state index contributed by atoms with van der Waals surface area (Å²) >= 11 is 0. The lowest BCUT2D eigenvalue weighted by Gasteiger charge is -2.34. The lowest BCUT2D eigenvalue weighted by molar-refractivity contribution is -0.188. The first kappa shape index (κ1) is 39.0. The second kappa shape index (κ2) is 24.6. The Morgan fingerprint density at radius 3 is 1.47 bits per heavy atom. The van der Waals surface area contributed by atoms with Crippen LogP contribution in [0.2, 0.25) is 0 Å². The van der Waals surface area contributed by atoms with Crippen molar-refractivity contribution in [2.45, 2.75) is 89.4 Å². The molecule has 43 heavy (non-hydrogen) atoms. The van der Waals surface area contributed by atoms with Crippen LogP contribution in [0.1, 0.15) is 71.1 Å². The van der Waals surface area contributed by atoms with Gasteiger partial charge in [0.15, 0.2) is 6.10 Å². The summed E-state index contributed by atoms with van der Waals surface area (Å²) in [4.78, 5) is 66.6. The molecule has 0 aliphatic carbocycles. The fraction of sp³-hybridized carbons (Fsp3) is 0.600. The number of carboxylic acids is 1. The lowest BCUT2D eigenvalue weighted by Crippen LogP contribution is -2.45. The van der Waals surface area contributed by atoms with E-state index in [9.17, 15) is 28.8 Å². The van der Waals surface area contributed by atoms with E-state index in [0.29, 0.717) is 44.9 Å². The molecule has 0 aromatic rings. The number of unbranched alkanes of at least 4 members (excludes halogenated alkanes) is 3. The Labute approximate surface area is 252 Å². The molecule has 1 aliphatic heterocycles. The number of rotatable bonds is 20. The third-order valence-corrected chi connectivity index (χ3v) is 5.66. The standard InChI is InChI=1S/C22H32O9.C8H12O4/c1-4-19(23)27-12-8-6-10-21(25)30-17-14-16(3)29-15-18(17)31-22(26)11-7-9-13-28-20(24)5-2;1-2-8(11)12-6-4-3-5-7(9)10/h4-5,16-18H,1-2,6-15H2,3H3;2H,1,3-6H2,(H,9,10)/t16?,17-,18+;/m0./s1. The van der Waals surface area contributed by atoms with E-state index in [1.54, 1.807) is 0 Å². The number of esters is 5. The van der Waals surface area contributed by atoms with Crippen LogP contribution in [0.25, 0.3) is 0 Å². The lowest BCUT2D eigenvalue weighted by atomic mass is 10.0. The van der Waals surface area contributed by atoms with E-state index < -0.39 is 48.0 Å². The van der Waals surface area contributed by atoms with Crippen molar-refractivity contribution in [3.63, 3.8) is 0 Å². The quantitative estimate of drug-likeness (QED) is 0.0916. The number of hydrogen-bond acceptors (Lipinski definition) is 12. The zero-order valence-electron chi connectivity index (χ0n) is 24.8. The predicted octanol–water partition coefficient (Wildman–Crippen LogP) is 3.39. The molecule has 1 unspecified atom stereocenters. The Hall–Kier alpha value is -4.00. The van der Waals surface area contributed by atoms with Crippen molar-refractivity contribution in [1.82, 2.24) is 0 Å². The van der Waals surface area contributed by atoms with Gasteiger partial charge in [-0.1, -0.05) is 19.7 Å². The molecular formula is C30H44O13. The summed E-state index contributed by atoms with van der Waals surface area (Å²) in [5.74, 6) is -3.13. The van der Waals surface area contributed by atoms with Crippen molar-refractivity contribution in [2.75, 3.05) is 26.4 Å². The Kier molecular flexibility index (Phi) is 22.3. The van der Waals surface area contributed by atoms with Crippen LogP contribution in [-0.4, -0.2) is 85.7 Å². The van der Waals surface area contributed by atoms with Gasteiger partial charge in [0.1, 0.15) is 6.10 Å². The van der Waals surface area contributed by atoms with E-state index in [0.717, 1.165) is 18.2 Å². The van der Waals surface area contributed by atoms with E-state index in [1.807, 2.05) is 6.92 Å². The molecule has 0 aromatic heterocycles. The summed E-state index contributed by atoms with van der Waals surface area (Å²) in [5, 5.41) is 8.24. The number of carboxylic acid groups (broad SMARTS) is 1. The minimum atomic E-state index is -0.829. The van der Waals surface area contributed by atoms with Crippen molar-refractivity contribution >= 4 is 35.8 Å². The van der Waals surface area contributed by atoms with Gasteiger partial charge in [-0.2, -0.15) is 0 Å². The number of carbonyl (C=O) groups is 6. The summed E-state index contributed by atoms with van der Waals surface area (Å²) in [6, 6.07) is 0. The summed E-state index contributed by atoms with van der Waals surface area (Å²) < 4.78 is 30.8. The van der Waals surface area contributed by atoms with Crippen molar-refractivity contribution < 1.29 is 62.3 Å². The summed E-state index contributed by atoms with van der Waals surface area (Å²) in [6.07, 6.45) is 5.90. The van der Waals surface area contributed by atoms with Gasteiger partial charge in [-0.15, -0.1) is 0 Å². The van der Waals surface area contributed by atoms with E-state index in [1.165, 1.54) is 0 Å². The summed E-state index contributed by atoms with van der Waals surface area (Å²) in [6.45, 7) is 12.5. The molecule has 1 fully saturated rings. The van der Waals surface area contributed by atoms with E-state index in [-0.39, 0.29) is 51.8 Å². The Morgan fingerprint density at radius 1 is 0.674 bits per heavy atom. The second-order valence-electron chi connectivity index (χ2n) is 9.32.